The number of nitrogens with one attached hydrogen (secondary N) is 1. The topological polar surface area (TPSA) is 64.6 Å². The fourth-order valence-electron chi connectivity index (χ4n) is 2.57. The van der Waals surface area contributed by atoms with Crippen LogP contribution >= 0.6 is 11.6 Å². The Morgan fingerprint density at radius 3 is 2.39 bits per heavy atom. The minimum absolute atomic E-state index is 0.0314. The lowest BCUT2D eigenvalue weighted by Crippen LogP contribution is -2.43. The van der Waals surface area contributed by atoms with Crippen molar-refractivity contribution in [3.05, 3.63) is 64.2 Å². The van der Waals surface area contributed by atoms with E-state index in [1.807, 2.05) is 0 Å². The molecule has 0 aliphatic rings. The van der Waals surface area contributed by atoms with E-state index in [-0.39, 0.29) is 11.4 Å². The zero-order valence-electron chi connectivity index (χ0n) is 15.0. The number of hydrogen-bond acceptors (Lipinski definition) is 4. The number of carbonyl (C=O) groups excluding carboxylic acids is 2. The number of esters is 1. The van der Waals surface area contributed by atoms with Crippen LogP contribution in [0.2, 0.25) is 5.02 Å². The number of ether oxygens (including phenoxy) is 2. The highest BCUT2D eigenvalue weighted by Gasteiger charge is 2.35. The Morgan fingerprint density at radius 2 is 1.82 bits per heavy atom. The van der Waals surface area contributed by atoms with E-state index in [0.717, 1.165) is 19.2 Å². The normalized spacial score (nSPS) is 12.2. The van der Waals surface area contributed by atoms with Crippen LogP contribution in [0, 0.1) is 0 Å². The molecule has 1 amide bonds. The molecule has 2 aromatic rings. The first-order chi connectivity index (χ1) is 13.2. The van der Waals surface area contributed by atoms with Crippen molar-refractivity contribution in [3.63, 3.8) is 0 Å². The third-order valence-electron chi connectivity index (χ3n) is 3.92. The molecule has 150 valence electrons. The number of carbonyl (C=O) groups is 2. The summed E-state index contributed by atoms with van der Waals surface area (Å²) in [6, 6.07) is 7.85. The van der Waals surface area contributed by atoms with Gasteiger partial charge in [-0.1, -0.05) is 29.8 Å². The summed E-state index contributed by atoms with van der Waals surface area (Å²) in [5, 5.41) is 2.59. The van der Waals surface area contributed by atoms with Crippen LogP contribution in [0.5, 0.6) is 5.75 Å². The third kappa shape index (κ3) is 5.16. The quantitative estimate of drug-likeness (QED) is 0.727. The maximum absolute atomic E-state index is 13.1. The maximum atomic E-state index is 13.1. The van der Waals surface area contributed by atoms with Crippen molar-refractivity contribution in [2.24, 2.45) is 0 Å². The number of methoxy groups -OCH3 is 2. The Kier molecular flexibility index (Phi) is 6.90. The molecule has 0 bridgehead atoms. The van der Waals surface area contributed by atoms with Gasteiger partial charge in [0.2, 0.25) is 0 Å². The molecule has 2 rings (SSSR count). The van der Waals surface area contributed by atoms with Gasteiger partial charge in [0.05, 0.1) is 30.4 Å². The molecule has 0 spiro atoms. The van der Waals surface area contributed by atoms with Gasteiger partial charge >= 0.3 is 12.1 Å². The first kappa shape index (κ1) is 21.6. The van der Waals surface area contributed by atoms with Crippen molar-refractivity contribution in [1.82, 2.24) is 5.32 Å². The van der Waals surface area contributed by atoms with Gasteiger partial charge in [0.1, 0.15) is 11.8 Å². The summed E-state index contributed by atoms with van der Waals surface area (Å²) >= 11 is 6.05. The van der Waals surface area contributed by atoms with E-state index >= 15 is 0 Å². The summed E-state index contributed by atoms with van der Waals surface area (Å²) in [6.45, 7) is 0. The predicted octanol–water partition coefficient (Wildman–Crippen LogP) is 3.88. The summed E-state index contributed by atoms with van der Waals surface area (Å²) in [5.41, 5.74) is -1.12. The average molecular weight is 416 g/mol. The van der Waals surface area contributed by atoms with Gasteiger partial charge in [0.25, 0.3) is 5.91 Å². The van der Waals surface area contributed by atoms with Gasteiger partial charge in [0, 0.05) is 6.42 Å². The molecule has 1 N–H and O–H groups in total. The van der Waals surface area contributed by atoms with E-state index < -0.39 is 35.2 Å². The van der Waals surface area contributed by atoms with Crippen LogP contribution in [0.1, 0.15) is 21.5 Å². The Bertz CT molecular complexity index is 870. The third-order valence-corrected chi connectivity index (χ3v) is 4.22. The van der Waals surface area contributed by atoms with E-state index in [0.29, 0.717) is 11.3 Å². The second kappa shape index (κ2) is 8.97. The molecule has 0 saturated heterocycles. The molecule has 0 heterocycles. The summed E-state index contributed by atoms with van der Waals surface area (Å²) < 4.78 is 49.1. The van der Waals surface area contributed by atoms with E-state index in [1.165, 1.54) is 25.3 Å². The predicted molar refractivity (Wildman–Crippen MR) is 96.4 cm³/mol. The summed E-state index contributed by atoms with van der Waals surface area (Å²) in [7, 11) is 2.56. The van der Waals surface area contributed by atoms with Crippen molar-refractivity contribution in [2.75, 3.05) is 14.2 Å². The van der Waals surface area contributed by atoms with Crippen molar-refractivity contribution >= 4 is 23.5 Å². The molecule has 28 heavy (non-hydrogen) atoms. The minimum atomic E-state index is -4.71. The van der Waals surface area contributed by atoms with E-state index in [9.17, 15) is 22.8 Å². The van der Waals surface area contributed by atoms with E-state index in [4.69, 9.17) is 16.3 Å². The second-order valence-corrected chi connectivity index (χ2v) is 6.17. The number of rotatable bonds is 6. The van der Waals surface area contributed by atoms with Gasteiger partial charge in [-0.25, -0.2) is 4.79 Å². The highest BCUT2D eigenvalue weighted by molar-refractivity contribution is 6.32. The van der Waals surface area contributed by atoms with E-state index in [1.54, 1.807) is 12.1 Å². The SMILES string of the molecule is COC(=O)[C@@H](Cc1ccc(OC)c(Cl)c1)NC(=O)c1ccccc1C(F)(F)F. The van der Waals surface area contributed by atoms with Gasteiger partial charge in [-0.2, -0.15) is 13.2 Å². The standard InChI is InChI=1S/C19H17ClF3NO4/c1-27-16-8-7-11(9-14(16)20)10-15(18(26)28-2)24-17(25)12-5-3-4-6-13(12)19(21,22)23/h3-9,15H,10H2,1-2H3,(H,24,25)/t15-/m1/s1. The molecule has 0 aliphatic carbocycles. The summed E-state index contributed by atoms with van der Waals surface area (Å²) in [6.07, 6.45) is -4.74. The van der Waals surface area contributed by atoms with Crippen molar-refractivity contribution in [2.45, 2.75) is 18.6 Å². The number of amides is 1. The Morgan fingerprint density at radius 1 is 1.14 bits per heavy atom. The first-order valence-electron chi connectivity index (χ1n) is 8.04. The second-order valence-electron chi connectivity index (χ2n) is 5.77. The summed E-state index contributed by atoms with van der Waals surface area (Å²) in [5.74, 6) is -1.42. The smallest absolute Gasteiger partial charge is 0.417 e. The molecule has 1 atom stereocenters. The van der Waals surface area contributed by atoms with Gasteiger partial charge in [-0.3, -0.25) is 4.79 Å². The Hall–Kier alpha value is -2.74. The average Bonchev–Trinajstić information content (AvgIpc) is 2.66. The lowest BCUT2D eigenvalue weighted by atomic mass is 10.0. The molecule has 0 aliphatic heterocycles. The van der Waals surface area contributed by atoms with Gasteiger partial charge in [0.15, 0.2) is 0 Å². The molecule has 9 heteroatoms. The minimum Gasteiger partial charge on any atom is -0.495 e. The van der Waals surface area contributed by atoms with Gasteiger partial charge < -0.3 is 14.8 Å². The van der Waals surface area contributed by atoms with Crippen LogP contribution in [-0.2, 0) is 22.1 Å². The number of benzene rings is 2. The Labute approximate surface area is 164 Å². The molecule has 0 unspecified atom stereocenters. The molecular weight excluding hydrogens is 399 g/mol. The van der Waals surface area contributed by atoms with Crippen molar-refractivity contribution in [1.29, 1.82) is 0 Å². The molecule has 2 aromatic carbocycles. The van der Waals surface area contributed by atoms with Crippen LogP contribution in [-0.4, -0.2) is 32.1 Å². The molecular formula is C19H17ClF3NO4. The molecule has 0 saturated carbocycles. The van der Waals surface area contributed by atoms with Gasteiger partial charge in [-0.15, -0.1) is 0 Å². The lowest BCUT2D eigenvalue weighted by Gasteiger charge is -2.19. The lowest BCUT2D eigenvalue weighted by molar-refractivity contribution is -0.142. The highest BCUT2D eigenvalue weighted by atomic mass is 35.5. The van der Waals surface area contributed by atoms with Gasteiger partial charge in [-0.05, 0) is 29.8 Å². The van der Waals surface area contributed by atoms with Crippen LogP contribution in [0.15, 0.2) is 42.5 Å². The molecule has 5 nitrogen and oxygen atoms in total. The molecule has 0 radical (unpaired) electrons. The monoisotopic (exact) mass is 415 g/mol. The number of halogens is 4. The fourth-order valence-corrected chi connectivity index (χ4v) is 2.85. The van der Waals surface area contributed by atoms with Crippen molar-refractivity contribution in [3.8, 4) is 5.75 Å². The van der Waals surface area contributed by atoms with Crippen LogP contribution < -0.4 is 10.1 Å². The fraction of sp³-hybridized carbons (Fsp3) is 0.263. The largest absolute Gasteiger partial charge is 0.495 e. The maximum Gasteiger partial charge on any atom is 0.417 e. The first-order valence-corrected chi connectivity index (χ1v) is 8.42. The highest BCUT2D eigenvalue weighted by Crippen LogP contribution is 2.32. The Balaban J connectivity index is 2.27. The van der Waals surface area contributed by atoms with Crippen LogP contribution in [0.3, 0.4) is 0 Å². The molecule has 0 fully saturated rings. The number of hydrogen-bond donors (Lipinski definition) is 1. The van der Waals surface area contributed by atoms with E-state index in [2.05, 4.69) is 10.1 Å². The number of alkyl halides is 3. The molecule has 0 aromatic heterocycles. The zero-order valence-corrected chi connectivity index (χ0v) is 15.7. The van der Waals surface area contributed by atoms with Crippen LogP contribution in [0.25, 0.3) is 0 Å². The summed E-state index contributed by atoms with van der Waals surface area (Å²) in [4.78, 5) is 24.5. The van der Waals surface area contributed by atoms with Crippen molar-refractivity contribution < 1.29 is 32.2 Å². The van der Waals surface area contributed by atoms with Crippen LogP contribution in [0.4, 0.5) is 13.2 Å². The zero-order chi connectivity index (χ0) is 20.9.